The number of aldehydes is 1. The summed E-state index contributed by atoms with van der Waals surface area (Å²) in [6.07, 6.45) is 11.6. The fourth-order valence-electron chi connectivity index (χ4n) is 2.19. The van der Waals surface area contributed by atoms with E-state index in [1.54, 1.807) is 20.3 Å². The van der Waals surface area contributed by atoms with Gasteiger partial charge in [0.2, 0.25) is 0 Å². The van der Waals surface area contributed by atoms with Crippen molar-refractivity contribution in [1.29, 1.82) is 0 Å². The molecule has 0 aromatic carbocycles. The minimum Gasteiger partial charge on any atom is -0.497 e. The van der Waals surface area contributed by atoms with Crippen LogP contribution in [0.15, 0.2) is 85.3 Å². The number of allylic oxidation sites excluding steroid dienone is 8. The van der Waals surface area contributed by atoms with E-state index in [1.165, 1.54) is 13.3 Å². The van der Waals surface area contributed by atoms with E-state index in [1.807, 2.05) is 25.2 Å². The molecule has 0 aromatic rings. The summed E-state index contributed by atoms with van der Waals surface area (Å²) >= 11 is 0. The molecule has 0 amide bonds. The van der Waals surface area contributed by atoms with Gasteiger partial charge in [-0.15, -0.1) is 6.58 Å². The topological polar surface area (TPSA) is 35.5 Å². The van der Waals surface area contributed by atoms with Crippen molar-refractivity contribution in [1.82, 2.24) is 0 Å². The number of carbonyl (C=O) groups is 1. The zero-order valence-corrected chi connectivity index (χ0v) is 21.1. The number of carbonyl (C=O) groups excluding carboxylic acids is 1. The molecule has 0 aromatic heterocycles. The predicted octanol–water partition coefficient (Wildman–Crippen LogP) is 7.80. The molecular weight excluding hydrogens is 384 g/mol. The van der Waals surface area contributed by atoms with Crippen LogP contribution in [0.5, 0.6) is 0 Å². The van der Waals surface area contributed by atoms with Crippen molar-refractivity contribution in [2.75, 3.05) is 20.8 Å². The van der Waals surface area contributed by atoms with Crippen LogP contribution < -0.4 is 0 Å². The Morgan fingerprint density at radius 2 is 1.45 bits per heavy atom. The number of hydrogen-bond acceptors (Lipinski definition) is 3. The number of ether oxygens (including phenoxy) is 2. The van der Waals surface area contributed by atoms with E-state index in [2.05, 4.69) is 53.7 Å². The number of methoxy groups -OCH3 is 2. The van der Waals surface area contributed by atoms with E-state index in [9.17, 15) is 0 Å². The smallest absolute Gasteiger partial charge is 0.116 e. The van der Waals surface area contributed by atoms with Crippen molar-refractivity contribution in [3.05, 3.63) is 85.3 Å². The molecule has 0 spiro atoms. The van der Waals surface area contributed by atoms with Gasteiger partial charge in [-0.05, 0) is 61.3 Å². The van der Waals surface area contributed by atoms with E-state index < -0.39 is 0 Å². The standard InChI is InChI=1S/C23H36O2.C3H6.C2H4O/c1-17(2)10-11-18(3)19(4)12-13-20(5)21(6)16-23(14-15-24-8)22(7)25-9;1-3-2;1-2-3/h12-13,16-18H,4-7,10-11,14-15H2,1-3,8-9H3;3H,1H2,2H3;2H,1H3/b13-12-,23-16-;;. The van der Waals surface area contributed by atoms with Gasteiger partial charge < -0.3 is 14.3 Å². The highest BCUT2D eigenvalue weighted by molar-refractivity contribution is 5.47. The van der Waals surface area contributed by atoms with Crippen molar-refractivity contribution in [2.45, 2.75) is 53.9 Å². The lowest BCUT2D eigenvalue weighted by molar-refractivity contribution is -0.106. The van der Waals surface area contributed by atoms with E-state index in [0.717, 1.165) is 47.3 Å². The van der Waals surface area contributed by atoms with Crippen molar-refractivity contribution >= 4 is 6.29 Å². The van der Waals surface area contributed by atoms with Crippen LogP contribution in [0.1, 0.15) is 53.9 Å². The molecule has 3 nitrogen and oxygen atoms in total. The summed E-state index contributed by atoms with van der Waals surface area (Å²) in [5.41, 5.74) is 3.78. The molecule has 0 N–H and O–H groups in total. The molecule has 0 radical (unpaired) electrons. The quantitative estimate of drug-likeness (QED) is 0.129. The Morgan fingerprint density at radius 1 is 0.935 bits per heavy atom. The molecule has 0 saturated heterocycles. The molecular formula is C28H46O3. The number of rotatable bonds is 13. The lowest BCUT2D eigenvalue weighted by Gasteiger charge is -2.13. The second-order valence-corrected chi connectivity index (χ2v) is 7.51. The average molecular weight is 431 g/mol. The van der Waals surface area contributed by atoms with Crippen LogP contribution in [-0.2, 0) is 14.3 Å². The molecule has 0 aliphatic rings. The minimum absolute atomic E-state index is 0.473. The second kappa shape index (κ2) is 22.3. The van der Waals surface area contributed by atoms with Crippen LogP contribution in [0, 0.1) is 11.8 Å². The third kappa shape index (κ3) is 20.7. The zero-order valence-electron chi connectivity index (χ0n) is 21.1. The first-order valence-electron chi connectivity index (χ1n) is 10.7. The fourth-order valence-corrected chi connectivity index (χ4v) is 2.19. The highest BCUT2D eigenvalue weighted by Gasteiger charge is 2.07. The van der Waals surface area contributed by atoms with E-state index in [-0.39, 0.29) is 0 Å². The van der Waals surface area contributed by atoms with Gasteiger partial charge in [0.1, 0.15) is 12.0 Å². The van der Waals surface area contributed by atoms with Crippen molar-refractivity contribution < 1.29 is 14.3 Å². The van der Waals surface area contributed by atoms with Crippen molar-refractivity contribution in [3.8, 4) is 0 Å². The largest absolute Gasteiger partial charge is 0.497 e. The van der Waals surface area contributed by atoms with Gasteiger partial charge >= 0.3 is 0 Å². The molecule has 176 valence electrons. The molecule has 0 saturated carbocycles. The molecule has 0 aliphatic heterocycles. The molecule has 1 atom stereocenters. The Bertz CT molecular complexity index is 612. The van der Waals surface area contributed by atoms with Gasteiger partial charge in [-0.2, -0.15) is 0 Å². The Labute approximate surface area is 192 Å². The van der Waals surface area contributed by atoms with Gasteiger partial charge in [0.05, 0.1) is 13.7 Å². The molecule has 31 heavy (non-hydrogen) atoms. The summed E-state index contributed by atoms with van der Waals surface area (Å²) in [5, 5.41) is 0. The minimum atomic E-state index is 0.473. The molecule has 0 aliphatic carbocycles. The van der Waals surface area contributed by atoms with Gasteiger partial charge in [0, 0.05) is 7.11 Å². The maximum Gasteiger partial charge on any atom is 0.116 e. The van der Waals surface area contributed by atoms with Crippen LogP contribution in [-0.4, -0.2) is 27.1 Å². The van der Waals surface area contributed by atoms with Gasteiger partial charge in [0.15, 0.2) is 0 Å². The van der Waals surface area contributed by atoms with Crippen LogP contribution >= 0.6 is 0 Å². The summed E-state index contributed by atoms with van der Waals surface area (Å²) < 4.78 is 10.4. The average Bonchev–Trinajstić information content (AvgIpc) is 2.73. The summed E-state index contributed by atoms with van der Waals surface area (Å²) in [6.45, 7) is 30.3. The first-order valence-corrected chi connectivity index (χ1v) is 10.7. The van der Waals surface area contributed by atoms with Crippen LogP contribution in [0.4, 0.5) is 0 Å². The van der Waals surface area contributed by atoms with Crippen LogP contribution in [0.2, 0.25) is 0 Å². The lowest BCUT2D eigenvalue weighted by atomic mass is 9.93. The maximum absolute atomic E-state index is 8.81. The van der Waals surface area contributed by atoms with Crippen molar-refractivity contribution in [2.24, 2.45) is 11.8 Å². The summed E-state index contributed by atoms with van der Waals surface area (Å²) in [5.74, 6) is 1.82. The third-order valence-electron chi connectivity index (χ3n) is 4.25. The summed E-state index contributed by atoms with van der Waals surface area (Å²) in [4.78, 5) is 8.81. The zero-order chi connectivity index (χ0) is 24.8. The van der Waals surface area contributed by atoms with Crippen LogP contribution in [0.3, 0.4) is 0 Å². The normalized spacial score (nSPS) is 11.4. The Morgan fingerprint density at radius 3 is 1.87 bits per heavy atom. The van der Waals surface area contributed by atoms with Crippen LogP contribution in [0.25, 0.3) is 0 Å². The summed E-state index contributed by atoms with van der Waals surface area (Å²) in [7, 11) is 3.29. The Kier molecular flexibility index (Phi) is 23.9. The van der Waals surface area contributed by atoms with E-state index in [4.69, 9.17) is 14.3 Å². The molecule has 0 bridgehead atoms. The second-order valence-electron chi connectivity index (χ2n) is 7.51. The maximum atomic E-state index is 8.81. The molecule has 0 fully saturated rings. The van der Waals surface area contributed by atoms with Crippen molar-refractivity contribution in [3.63, 3.8) is 0 Å². The number of hydrogen-bond donors (Lipinski definition) is 0. The SMILES string of the molecule is C=C(/C=C\C(=C)C(C)CCC(C)C)C(=C)/C=C(/CCOC)C(=C)OC.C=CC.CC=O. The predicted molar refractivity (Wildman–Crippen MR) is 138 cm³/mol. The van der Waals surface area contributed by atoms with E-state index in [0.29, 0.717) is 18.3 Å². The first kappa shape index (κ1) is 33.3. The summed E-state index contributed by atoms with van der Waals surface area (Å²) in [6, 6.07) is 0. The third-order valence-corrected chi connectivity index (χ3v) is 4.25. The van der Waals surface area contributed by atoms with Gasteiger partial charge in [-0.3, -0.25) is 0 Å². The van der Waals surface area contributed by atoms with Gasteiger partial charge in [0.25, 0.3) is 0 Å². The van der Waals surface area contributed by atoms with E-state index >= 15 is 0 Å². The fraction of sp³-hybridized carbons (Fsp3) is 0.464. The first-order chi connectivity index (χ1) is 14.6. The highest BCUT2D eigenvalue weighted by Crippen LogP contribution is 2.22. The molecule has 3 heteroatoms. The molecule has 0 heterocycles. The van der Waals surface area contributed by atoms with Gasteiger partial charge in [-0.25, -0.2) is 0 Å². The van der Waals surface area contributed by atoms with Gasteiger partial charge in [-0.1, -0.05) is 77.3 Å². The molecule has 1 unspecified atom stereocenters. The Hall–Kier alpha value is -2.39. The molecule has 0 rings (SSSR count). The lowest BCUT2D eigenvalue weighted by Crippen LogP contribution is -1.99. The highest BCUT2D eigenvalue weighted by atomic mass is 16.5. The Balaban J connectivity index is -0.00000116. The monoisotopic (exact) mass is 430 g/mol.